The zero-order chi connectivity index (χ0) is 28.3. The van der Waals surface area contributed by atoms with Crippen molar-refractivity contribution in [2.75, 3.05) is 50.1 Å². The van der Waals surface area contributed by atoms with Gasteiger partial charge in [0.05, 0.1) is 31.7 Å². The van der Waals surface area contributed by atoms with Crippen molar-refractivity contribution < 1.29 is 15.6 Å². The molecule has 2 amide bonds. The summed E-state index contributed by atoms with van der Waals surface area (Å²) in [6.45, 7) is 12.9. The third kappa shape index (κ3) is 6.41. The van der Waals surface area contributed by atoms with E-state index in [1.165, 1.54) is 0 Å². The van der Waals surface area contributed by atoms with Crippen LogP contribution in [0.2, 0.25) is 0 Å². The molecular formula is C31H37N5O3. The van der Waals surface area contributed by atoms with Gasteiger partial charge in [-0.2, -0.15) is 5.10 Å². The Labute approximate surface area is 231 Å². The van der Waals surface area contributed by atoms with Gasteiger partial charge in [0.15, 0.2) is 0 Å². The van der Waals surface area contributed by atoms with Crippen molar-refractivity contribution in [2.24, 2.45) is 0 Å². The highest BCUT2D eigenvalue weighted by Gasteiger charge is 2.22. The number of benzene rings is 3. The van der Waals surface area contributed by atoms with E-state index in [2.05, 4.69) is 36.3 Å². The average molecular weight is 529 g/mol. The van der Waals surface area contributed by atoms with Gasteiger partial charge in [-0.15, -0.1) is 0 Å². The molecule has 1 saturated heterocycles. The second kappa shape index (κ2) is 11.5. The van der Waals surface area contributed by atoms with Gasteiger partial charge in [0.25, 0.3) is 0 Å². The van der Waals surface area contributed by atoms with Gasteiger partial charge in [-0.1, -0.05) is 62.7 Å². The minimum absolute atomic E-state index is 0.222. The minimum atomic E-state index is -0.383. The van der Waals surface area contributed by atoms with Crippen molar-refractivity contribution in [3.05, 3.63) is 78.0 Å². The Morgan fingerprint density at radius 1 is 1.05 bits per heavy atom. The van der Waals surface area contributed by atoms with E-state index in [0.717, 1.165) is 60.6 Å². The van der Waals surface area contributed by atoms with Crippen LogP contribution >= 0.6 is 0 Å². The summed E-state index contributed by atoms with van der Waals surface area (Å²) >= 11 is 0. The number of hydrogen-bond donors (Lipinski definition) is 2. The van der Waals surface area contributed by atoms with Crippen LogP contribution in [0.15, 0.2) is 66.7 Å². The molecule has 0 saturated carbocycles. The second-order valence-electron chi connectivity index (χ2n) is 10.8. The van der Waals surface area contributed by atoms with Crippen LogP contribution in [0.4, 0.5) is 16.3 Å². The first-order valence-corrected chi connectivity index (χ1v) is 13.4. The first-order chi connectivity index (χ1) is 19.2. The lowest BCUT2D eigenvalue weighted by Gasteiger charge is -2.26. The molecule has 39 heavy (non-hydrogen) atoms. The summed E-state index contributed by atoms with van der Waals surface area (Å²) in [5, 5.41) is 12.6. The van der Waals surface area contributed by atoms with Crippen molar-refractivity contribution in [2.45, 2.75) is 33.1 Å². The zero-order valence-corrected chi connectivity index (χ0v) is 23.1. The van der Waals surface area contributed by atoms with Gasteiger partial charge in [-0.05, 0) is 31.2 Å². The van der Waals surface area contributed by atoms with Gasteiger partial charge in [-0.3, -0.25) is 10.2 Å². The number of nitrogens with one attached hydrogen (secondary N) is 2. The van der Waals surface area contributed by atoms with E-state index in [0.29, 0.717) is 29.8 Å². The van der Waals surface area contributed by atoms with Gasteiger partial charge in [0.2, 0.25) is 0 Å². The third-order valence-electron chi connectivity index (χ3n) is 6.82. The lowest BCUT2D eigenvalue weighted by atomic mass is 9.92. The zero-order valence-electron chi connectivity index (χ0n) is 24.1. The number of ether oxygens (including phenoxy) is 2. The van der Waals surface area contributed by atoms with Crippen LogP contribution in [0.1, 0.15) is 33.4 Å². The van der Waals surface area contributed by atoms with Crippen molar-refractivity contribution in [3.63, 3.8) is 0 Å². The highest BCUT2D eigenvalue weighted by atomic mass is 16.5. The minimum Gasteiger partial charge on any atom is -0.492 e. The Morgan fingerprint density at radius 3 is 2.56 bits per heavy atom. The fraction of sp³-hybridized carbons (Fsp3) is 0.355. The van der Waals surface area contributed by atoms with Gasteiger partial charge >= 0.3 is 6.03 Å². The maximum Gasteiger partial charge on any atom is 0.324 e. The summed E-state index contributed by atoms with van der Waals surface area (Å²) in [5.74, 6) is 1.31. The molecule has 4 aromatic rings. The summed E-state index contributed by atoms with van der Waals surface area (Å²) in [7, 11) is 0. The van der Waals surface area contributed by atoms with Gasteiger partial charge in [-0.25, -0.2) is 9.48 Å². The molecular weight excluding hydrogens is 490 g/mol. The number of nitrogens with zero attached hydrogens (tertiary/aromatic N) is 3. The summed E-state index contributed by atoms with van der Waals surface area (Å²) in [6.07, 6.45) is 0. The monoisotopic (exact) mass is 528 g/mol. The van der Waals surface area contributed by atoms with Crippen molar-refractivity contribution >= 4 is 28.3 Å². The maximum atomic E-state index is 13.3. The maximum absolute atomic E-state index is 13.3. The highest BCUT2D eigenvalue weighted by molar-refractivity contribution is 6.07. The summed E-state index contributed by atoms with van der Waals surface area (Å²) in [4.78, 5) is 15.6. The fourth-order valence-electron chi connectivity index (χ4n) is 4.55. The van der Waals surface area contributed by atoms with Crippen LogP contribution in [0.5, 0.6) is 5.75 Å². The van der Waals surface area contributed by atoms with Crippen LogP contribution in [-0.4, -0.2) is 60.2 Å². The van der Waals surface area contributed by atoms with Crippen molar-refractivity contribution in [1.82, 2.24) is 14.7 Å². The van der Waals surface area contributed by atoms with E-state index >= 15 is 0 Å². The molecule has 0 radical (unpaired) electrons. The summed E-state index contributed by atoms with van der Waals surface area (Å²) in [6, 6.07) is 19.1. The number of fused-ring (bicyclic) bond motifs is 1. The number of carbonyl (C=O) groups is 1. The number of urea groups is 1. The van der Waals surface area contributed by atoms with E-state index < -0.39 is 0 Å². The smallest absolute Gasteiger partial charge is 0.324 e. The summed E-state index contributed by atoms with van der Waals surface area (Å²) < 4.78 is 21.5. The lowest BCUT2D eigenvalue weighted by Crippen LogP contribution is -2.38. The molecule has 204 valence electrons. The van der Waals surface area contributed by atoms with E-state index in [9.17, 15) is 4.79 Å². The molecule has 0 spiro atoms. The van der Waals surface area contributed by atoms with Gasteiger partial charge in [0.1, 0.15) is 18.2 Å². The van der Waals surface area contributed by atoms with E-state index in [1.54, 1.807) is 10.7 Å². The van der Waals surface area contributed by atoms with E-state index in [4.69, 9.17) is 15.9 Å². The molecule has 1 aliphatic heterocycles. The molecule has 1 aliphatic rings. The highest BCUT2D eigenvalue weighted by Crippen LogP contribution is 2.32. The third-order valence-corrected chi connectivity index (χ3v) is 6.82. The number of amides is 2. The molecule has 8 heteroatoms. The number of hydrogen-bond acceptors (Lipinski definition) is 5. The molecule has 1 aromatic heterocycles. The molecule has 0 aliphatic carbocycles. The van der Waals surface area contributed by atoms with Crippen LogP contribution in [0, 0.1) is 6.92 Å². The summed E-state index contributed by atoms with van der Waals surface area (Å²) in [5.41, 5.74) is 2.88. The molecule has 0 unspecified atom stereocenters. The SMILES string of the molecule is [2H]c1cc(-n2nc(C(C)(C)C)cc2NC(=O)Nc2ccc(OCCN3CCOCC3)c3ccccc23)ccc1C. The number of morpholine rings is 1. The molecule has 3 aromatic carbocycles. The number of anilines is 2. The molecule has 8 nitrogen and oxygen atoms in total. The Hall–Kier alpha value is -3.88. The van der Waals surface area contributed by atoms with Gasteiger partial charge in [0, 0.05) is 41.9 Å². The number of aryl methyl sites for hydroxylation is 1. The normalized spacial score (nSPS) is 14.7. The average Bonchev–Trinajstić information content (AvgIpc) is 3.36. The fourth-order valence-corrected chi connectivity index (χ4v) is 4.55. The van der Waals surface area contributed by atoms with E-state index in [1.807, 2.05) is 61.5 Å². The molecule has 0 bridgehead atoms. The van der Waals surface area contributed by atoms with Crippen LogP contribution in [-0.2, 0) is 10.2 Å². The second-order valence-corrected chi connectivity index (χ2v) is 10.8. The molecule has 0 atom stereocenters. The standard InChI is InChI=1S/C31H37N5O3/c1-22-9-11-23(12-10-22)36-29(21-28(34-36)31(2,3)4)33-30(37)32-26-13-14-27(25-8-6-5-7-24(25)26)39-20-17-35-15-18-38-19-16-35/h5-14,21H,15-20H2,1-4H3,(H2,32,33,37)/i9D. The Bertz CT molecular complexity index is 1500. The predicted molar refractivity (Wildman–Crippen MR) is 156 cm³/mol. The quantitative estimate of drug-likeness (QED) is 0.308. The molecule has 2 heterocycles. The Balaban J connectivity index is 1.35. The largest absolute Gasteiger partial charge is 0.492 e. The van der Waals surface area contributed by atoms with Gasteiger partial charge < -0.3 is 14.8 Å². The van der Waals surface area contributed by atoms with E-state index in [-0.39, 0.29) is 11.4 Å². The van der Waals surface area contributed by atoms with Crippen molar-refractivity contribution in [1.29, 1.82) is 0 Å². The molecule has 1 fully saturated rings. The lowest BCUT2D eigenvalue weighted by molar-refractivity contribution is 0.0323. The number of rotatable bonds is 7. The Morgan fingerprint density at radius 2 is 1.82 bits per heavy atom. The Kier molecular flexibility index (Phi) is 7.47. The molecule has 2 N–H and O–H groups in total. The van der Waals surface area contributed by atoms with Crippen LogP contribution in [0.3, 0.4) is 0 Å². The number of carbonyl (C=O) groups excluding carboxylic acids is 1. The predicted octanol–water partition coefficient (Wildman–Crippen LogP) is 5.99. The molecule has 5 rings (SSSR count). The van der Waals surface area contributed by atoms with Crippen molar-refractivity contribution in [3.8, 4) is 11.4 Å². The number of aromatic nitrogens is 2. The first-order valence-electron chi connectivity index (χ1n) is 13.9. The topological polar surface area (TPSA) is 80.7 Å². The van der Waals surface area contributed by atoms with Crippen LogP contribution < -0.4 is 15.4 Å². The first kappa shape index (κ1) is 25.4. The van der Waals surface area contributed by atoms with Crippen LogP contribution in [0.25, 0.3) is 16.5 Å².